The summed E-state index contributed by atoms with van der Waals surface area (Å²) in [5.41, 5.74) is 6.59. The number of benzene rings is 2. The number of nitrogens with zero attached hydrogens (tertiary/aromatic N) is 3. The average Bonchev–Trinajstić information content (AvgIpc) is 3.68. The van der Waals surface area contributed by atoms with E-state index in [0.717, 1.165) is 47.6 Å². The first-order valence-electron chi connectivity index (χ1n) is 12.3. The lowest BCUT2D eigenvalue weighted by Gasteiger charge is -2.36. The van der Waals surface area contributed by atoms with Gasteiger partial charge in [-0.25, -0.2) is 8.78 Å². The summed E-state index contributed by atoms with van der Waals surface area (Å²) >= 11 is 0. The first-order valence-corrected chi connectivity index (χ1v) is 12.3. The van der Waals surface area contributed by atoms with Gasteiger partial charge in [0.1, 0.15) is 0 Å². The van der Waals surface area contributed by atoms with Gasteiger partial charge in [-0.1, -0.05) is 36.9 Å². The summed E-state index contributed by atoms with van der Waals surface area (Å²) in [4.78, 5) is 9.62. The van der Waals surface area contributed by atoms with E-state index in [4.69, 9.17) is 4.98 Å². The topological polar surface area (TPSA) is 19.4 Å². The van der Waals surface area contributed by atoms with E-state index in [1.54, 1.807) is 12.1 Å². The van der Waals surface area contributed by atoms with E-state index in [-0.39, 0.29) is 5.56 Å². The molecule has 5 heteroatoms. The predicted molar refractivity (Wildman–Crippen MR) is 137 cm³/mol. The fraction of sp³-hybridized carbons (Fsp3) is 0.414. The van der Waals surface area contributed by atoms with Crippen LogP contribution >= 0.6 is 0 Å². The number of fused-ring (bicyclic) bond motifs is 1. The molecule has 0 radical (unpaired) electrons. The zero-order valence-electron chi connectivity index (χ0n) is 20.1. The van der Waals surface area contributed by atoms with Crippen molar-refractivity contribution in [3.05, 3.63) is 66.4 Å². The van der Waals surface area contributed by atoms with Crippen LogP contribution in [0.3, 0.4) is 0 Å². The Morgan fingerprint density at radius 3 is 2.32 bits per heavy atom. The summed E-state index contributed by atoms with van der Waals surface area (Å²) < 4.78 is 26.1. The van der Waals surface area contributed by atoms with Crippen LogP contribution in [0.5, 0.6) is 0 Å². The van der Waals surface area contributed by atoms with Crippen molar-refractivity contribution < 1.29 is 8.78 Å². The average molecular weight is 462 g/mol. The number of piperidine rings is 1. The van der Waals surface area contributed by atoms with E-state index in [2.05, 4.69) is 42.6 Å². The molecule has 2 aromatic carbocycles. The quantitative estimate of drug-likeness (QED) is 0.376. The third-order valence-corrected chi connectivity index (χ3v) is 7.31. The minimum absolute atomic E-state index is 0.0514. The molecule has 2 fully saturated rings. The number of allylic oxidation sites excluding steroid dienone is 1. The zero-order chi connectivity index (χ0) is 23.8. The van der Waals surface area contributed by atoms with E-state index < -0.39 is 6.43 Å². The van der Waals surface area contributed by atoms with Crippen molar-refractivity contribution in [2.75, 3.05) is 38.6 Å². The summed E-state index contributed by atoms with van der Waals surface area (Å²) in [6.45, 7) is 7.64. The Labute approximate surface area is 201 Å². The SMILES string of the molecule is C=C(c1cnc2ccc(-c3ccc(C(F)F)cc3)cc2c1N1CCC(CN(C)C)CC1)C1CC1. The normalized spacial score (nSPS) is 17.2. The number of hydrogen-bond donors (Lipinski definition) is 0. The van der Waals surface area contributed by atoms with Crippen molar-refractivity contribution in [3.8, 4) is 11.1 Å². The lowest BCUT2D eigenvalue weighted by atomic mass is 9.92. The number of hydrogen-bond acceptors (Lipinski definition) is 3. The molecule has 1 aromatic heterocycles. The van der Waals surface area contributed by atoms with Crippen LogP contribution in [0.25, 0.3) is 27.6 Å². The molecule has 0 N–H and O–H groups in total. The molecule has 2 aliphatic rings. The summed E-state index contributed by atoms with van der Waals surface area (Å²) in [5, 5.41) is 1.13. The molecule has 3 aromatic rings. The van der Waals surface area contributed by atoms with Crippen molar-refractivity contribution in [3.63, 3.8) is 0 Å². The van der Waals surface area contributed by atoms with E-state index in [1.807, 2.05) is 12.3 Å². The molecule has 34 heavy (non-hydrogen) atoms. The highest BCUT2D eigenvalue weighted by atomic mass is 19.3. The summed E-state index contributed by atoms with van der Waals surface area (Å²) in [7, 11) is 4.30. The van der Waals surface area contributed by atoms with Crippen molar-refractivity contribution in [2.24, 2.45) is 11.8 Å². The van der Waals surface area contributed by atoms with Crippen molar-refractivity contribution >= 4 is 22.2 Å². The monoisotopic (exact) mass is 461 g/mol. The highest BCUT2D eigenvalue weighted by molar-refractivity contribution is 6.00. The van der Waals surface area contributed by atoms with Gasteiger partial charge in [0.25, 0.3) is 6.43 Å². The summed E-state index contributed by atoms with van der Waals surface area (Å²) in [6, 6.07) is 12.9. The first-order chi connectivity index (χ1) is 16.4. The van der Waals surface area contributed by atoms with Crippen molar-refractivity contribution in [2.45, 2.75) is 32.1 Å². The van der Waals surface area contributed by atoms with Gasteiger partial charge < -0.3 is 9.80 Å². The van der Waals surface area contributed by atoms with E-state index >= 15 is 0 Å². The third kappa shape index (κ3) is 4.72. The fourth-order valence-corrected chi connectivity index (χ4v) is 5.26. The van der Waals surface area contributed by atoms with E-state index in [0.29, 0.717) is 5.92 Å². The van der Waals surface area contributed by atoms with Gasteiger partial charge >= 0.3 is 0 Å². The second-order valence-electron chi connectivity index (χ2n) is 10.2. The van der Waals surface area contributed by atoms with Crippen LogP contribution in [0.15, 0.2) is 55.2 Å². The molecule has 0 atom stereocenters. The highest BCUT2D eigenvalue weighted by Gasteiger charge is 2.30. The number of rotatable bonds is 7. The van der Waals surface area contributed by atoms with Gasteiger partial charge in [0, 0.05) is 42.3 Å². The van der Waals surface area contributed by atoms with E-state index in [9.17, 15) is 8.78 Å². The Kier molecular flexibility index (Phi) is 6.39. The maximum Gasteiger partial charge on any atom is 0.263 e. The maximum atomic E-state index is 13.0. The van der Waals surface area contributed by atoms with Crippen LogP contribution in [-0.2, 0) is 0 Å². The molecular formula is C29H33F2N3. The van der Waals surface area contributed by atoms with Crippen LogP contribution in [0, 0.1) is 11.8 Å². The summed E-state index contributed by atoms with van der Waals surface area (Å²) in [5.74, 6) is 1.28. The fourth-order valence-electron chi connectivity index (χ4n) is 5.26. The smallest absolute Gasteiger partial charge is 0.263 e. The Morgan fingerprint density at radius 1 is 1.03 bits per heavy atom. The van der Waals surface area contributed by atoms with Gasteiger partial charge in [-0.05, 0) is 80.4 Å². The van der Waals surface area contributed by atoms with Crippen molar-refractivity contribution in [1.29, 1.82) is 0 Å². The molecule has 0 spiro atoms. The zero-order valence-corrected chi connectivity index (χ0v) is 20.1. The van der Waals surface area contributed by atoms with Gasteiger partial charge in [-0.3, -0.25) is 4.98 Å². The lowest BCUT2D eigenvalue weighted by Crippen LogP contribution is -2.37. The molecule has 1 saturated heterocycles. The number of pyridine rings is 1. The molecule has 178 valence electrons. The van der Waals surface area contributed by atoms with Gasteiger partial charge in [-0.2, -0.15) is 0 Å². The number of anilines is 1. The molecular weight excluding hydrogens is 428 g/mol. The number of halogens is 2. The molecule has 1 aliphatic heterocycles. The second kappa shape index (κ2) is 9.46. The molecule has 0 unspecified atom stereocenters. The van der Waals surface area contributed by atoms with Crippen LogP contribution in [0.2, 0.25) is 0 Å². The maximum absolute atomic E-state index is 13.0. The molecule has 5 rings (SSSR count). The number of alkyl halides is 2. The molecule has 3 nitrogen and oxygen atoms in total. The highest BCUT2D eigenvalue weighted by Crippen LogP contribution is 2.46. The molecule has 2 heterocycles. The minimum atomic E-state index is -2.45. The molecule has 0 bridgehead atoms. The molecule has 0 amide bonds. The first kappa shape index (κ1) is 23.0. The van der Waals surface area contributed by atoms with Gasteiger partial charge in [0.05, 0.1) is 11.2 Å². The molecule has 1 saturated carbocycles. The van der Waals surface area contributed by atoms with Gasteiger partial charge in [0.15, 0.2) is 0 Å². The van der Waals surface area contributed by atoms with Crippen molar-refractivity contribution in [1.82, 2.24) is 9.88 Å². The van der Waals surface area contributed by atoms with Crippen LogP contribution in [-0.4, -0.2) is 43.6 Å². The van der Waals surface area contributed by atoms with E-state index in [1.165, 1.54) is 54.6 Å². The molecule has 1 aliphatic carbocycles. The van der Waals surface area contributed by atoms with Crippen LogP contribution in [0.4, 0.5) is 14.5 Å². The van der Waals surface area contributed by atoms with Gasteiger partial charge in [-0.15, -0.1) is 0 Å². The Morgan fingerprint density at radius 2 is 1.71 bits per heavy atom. The second-order valence-corrected chi connectivity index (χ2v) is 10.2. The third-order valence-electron chi connectivity index (χ3n) is 7.31. The summed E-state index contributed by atoms with van der Waals surface area (Å²) in [6.07, 6.45) is 4.32. The Balaban J connectivity index is 1.55. The number of aromatic nitrogens is 1. The lowest BCUT2D eigenvalue weighted by molar-refractivity contribution is 0.151. The largest absolute Gasteiger partial charge is 0.370 e. The predicted octanol–water partition coefficient (Wildman–Crippen LogP) is 7.04. The van der Waals surface area contributed by atoms with Crippen LogP contribution in [0.1, 0.15) is 43.2 Å². The minimum Gasteiger partial charge on any atom is -0.370 e. The standard InChI is InChI=1S/C29H33F2N3/c1-19(21-4-5-21)26-17-32-27-11-10-24(22-6-8-23(9-7-22)29(30)31)16-25(27)28(26)34-14-12-20(13-15-34)18-33(2)3/h6-11,16-17,20-21,29H,1,4-5,12-15,18H2,2-3H3. The Bertz CT molecular complexity index is 1170. The van der Waals surface area contributed by atoms with Crippen LogP contribution < -0.4 is 4.90 Å². The Hall–Kier alpha value is -2.79. The van der Waals surface area contributed by atoms with Gasteiger partial charge in [0.2, 0.25) is 0 Å².